The Morgan fingerprint density at radius 1 is 1.06 bits per heavy atom. The molecule has 3 aromatic heterocycles. The Bertz CT molecular complexity index is 735. The zero-order chi connectivity index (χ0) is 12.9. The Morgan fingerprint density at radius 3 is 2.50 bits per heavy atom. The molecule has 0 radical (unpaired) electrons. The molecule has 3 heterocycles. The summed E-state index contributed by atoms with van der Waals surface area (Å²) in [5, 5.41) is 4.34. The minimum Gasteiger partial charge on any atom is -0.288 e. The van der Waals surface area contributed by atoms with Crippen LogP contribution in [-0.2, 0) is 7.05 Å². The van der Waals surface area contributed by atoms with Crippen LogP contribution in [0, 0.1) is 20.8 Å². The Kier molecular flexibility index (Phi) is 2.23. The maximum atomic E-state index is 4.58. The Morgan fingerprint density at radius 2 is 1.83 bits per heavy atom. The Hall–Kier alpha value is -2.17. The van der Waals surface area contributed by atoms with Gasteiger partial charge in [-0.3, -0.25) is 9.08 Å². The lowest BCUT2D eigenvalue weighted by molar-refractivity contribution is 0.756. The molecule has 0 atom stereocenters. The lowest BCUT2D eigenvalue weighted by Crippen LogP contribution is -1.94. The second kappa shape index (κ2) is 3.66. The van der Waals surface area contributed by atoms with Crippen LogP contribution in [0.25, 0.3) is 17.0 Å². The van der Waals surface area contributed by atoms with Crippen LogP contribution in [0.3, 0.4) is 0 Å². The van der Waals surface area contributed by atoms with E-state index >= 15 is 0 Å². The molecular formula is C13H15N5. The van der Waals surface area contributed by atoms with Crippen molar-refractivity contribution in [3.05, 3.63) is 35.5 Å². The van der Waals surface area contributed by atoms with Gasteiger partial charge in [-0.2, -0.15) is 5.10 Å². The van der Waals surface area contributed by atoms with Crippen LogP contribution in [0.4, 0.5) is 0 Å². The number of imidazole rings is 1. The minimum absolute atomic E-state index is 0.741. The molecular weight excluding hydrogens is 226 g/mol. The molecule has 0 spiro atoms. The van der Waals surface area contributed by atoms with Crippen molar-refractivity contribution in [2.75, 3.05) is 0 Å². The number of aryl methyl sites for hydroxylation is 4. The van der Waals surface area contributed by atoms with E-state index in [1.807, 2.05) is 37.7 Å². The number of aromatic nitrogens is 5. The van der Waals surface area contributed by atoms with E-state index in [-0.39, 0.29) is 0 Å². The van der Waals surface area contributed by atoms with Crippen molar-refractivity contribution in [2.24, 2.45) is 7.05 Å². The first-order valence-electron chi connectivity index (χ1n) is 5.88. The molecule has 0 N–H and O–H groups in total. The molecule has 92 valence electrons. The van der Waals surface area contributed by atoms with E-state index in [0.29, 0.717) is 0 Å². The lowest BCUT2D eigenvalue weighted by atomic mass is 10.2. The van der Waals surface area contributed by atoms with Crippen LogP contribution < -0.4 is 0 Å². The molecule has 0 aliphatic rings. The van der Waals surface area contributed by atoms with E-state index in [1.54, 1.807) is 4.68 Å². The molecule has 5 nitrogen and oxygen atoms in total. The van der Waals surface area contributed by atoms with Gasteiger partial charge in [0.2, 0.25) is 5.78 Å². The van der Waals surface area contributed by atoms with E-state index < -0.39 is 0 Å². The number of hydrogen-bond donors (Lipinski definition) is 0. The zero-order valence-electron chi connectivity index (χ0n) is 11.0. The van der Waals surface area contributed by atoms with Gasteiger partial charge in [-0.15, -0.1) is 0 Å². The lowest BCUT2D eigenvalue weighted by Gasteiger charge is -1.98. The van der Waals surface area contributed by atoms with Gasteiger partial charge in [-0.05, 0) is 26.8 Å². The minimum atomic E-state index is 0.741. The van der Waals surface area contributed by atoms with Crippen LogP contribution >= 0.6 is 0 Å². The topological polar surface area (TPSA) is 48.0 Å². The van der Waals surface area contributed by atoms with Crippen LogP contribution in [-0.4, -0.2) is 24.1 Å². The van der Waals surface area contributed by atoms with Crippen LogP contribution in [0.1, 0.15) is 17.1 Å². The van der Waals surface area contributed by atoms with Crippen LogP contribution in [0.5, 0.6) is 0 Å². The van der Waals surface area contributed by atoms with Crippen molar-refractivity contribution in [1.82, 2.24) is 24.1 Å². The normalized spacial score (nSPS) is 11.3. The molecule has 0 bridgehead atoms. The first-order valence-corrected chi connectivity index (χ1v) is 5.88. The molecule has 3 rings (SSSR count). The summed E-state index contributed by atoms with van der Waals surface area (Å²) in [5.74, 6) is 0.741. The highest BCUT2D eigenvalue weighted by Gasteiger charge is 2.11. The first kappa shape index (κ1) is 11.0. The van der Waals surface area contributed by atoms with Crippen molar-refractivity contribution in [3.8, 4) is 11.3 Å². The van der Waals surface area contributed by atoms with Gasteiger partial charge in [-0.25, -0.2) is 9.97 Å². The largest absolute Gasteiger partial charge is 0.288 e. The van der Waals surface area contributed by atoms with E-state index in [4.69, 9.17) is 0 Å². The maximum absolute atomic E-state index is 4.58. The van der Waals surface area contributed by atoms with E-state index in [1.165, 1.54) is 0 Å². The molecule has 18 heavy (non-hydrogen) atoms. The molecule has 0 aliphatic heterocycles. The SMILES string of the molecule is Cc1cc(C)n2cc(-c3cn(C)nc3C)nc2n1. The fourth-order valence-electron chi connectivity index (χ4n) is 2.25. The highest BCUT2D eigenvalue weighted by Crippen LogP contribution is 2.22. The summed E-state index contributed by atoms with van der Waals surface area (Å²) in [7, 11) is 1.92. The summed E-state index contributed by atoms with van der Waals surface area (Å²) in [6, 6.07) is 2.05. The molecule has 0 aliphatic carbocycles. The fraction of sp³-hybridized carbons (Fsp3) is 0.308. The average Bonchev–Trinajstić information content (AvgIpc) is 2.81. The number of nitrogens with zero attached hydrogens (tertiary/aromatic N) is 5. The molecule has 0 saturated carbocycles. The molecule has 0 amide bonds. The fourth-order valence-corrected chi connectivity index (χ4v) is 2.25. The molecule has 0 unspecified atom stereocenters. The quantitative estimate of drug-likeness (QED) is 0.655. The van der Waals surface area contributed by atoms with E-state index in [9.17, 15) is 0 Å². The molecule has 0 fully saturated rings. The van der Waals surface area contributed by atoms with Crippen molar-refractivity contribution >= 4 is 5.78 Å². The highest BCUT2D eigenvalue weighted by atomic mass is 15.3. The van der Waals surface area contributed by atoms with Crippen molar-refractivity contribution in [1.29, 1.82) is 0 Å². The van der Waals surface area contributed by atoms with Crippen molar-refractivity contribution in [2.45, 2.75) is 20.8 Å². The summed E-state index contributed by atoms with van der Waals surface area (Å²) in [5.41, 5.74) is 5.08. The van der Waals surface area contributed by atoms with Crippen molar-refractivity contribution < 1.29 is 0 Å². The zero-order valence-corrected chi connectivity index (χ0v) is 11.0. The van der Waals surface area contributed by atoms with Crippen molar-refractivity contribution in [3.63, 3.8) is 0 Å². The van der Waals surface area contributed by atoms with Gasteiger partial charge in [0.1, 0.15) is 0 Å². The van der Waals surface area contributed by atoms with Gasteiger partial charge in [0, 0.05) is 36.4 Å². The van der Waals surface area contributed by atoms with Gasteiger partial charge < -0.3 is 0 Å². The third-order valence-electron chi connectivity index (χ3n) is 3.05. The summed E-state index contributed by atoms with van der Waals surface area (Å²) in [4.78, 5) is 9.02. The van der Waals surface area contributed by atoms with Gasteiger partial charge in [0.25, 0.3) is 0 Å². The van der Waals surface area contributed by atoms with Crippen LogP contribution in [0.15, 0.2) is 18.5 Å². The van der Waals surface area contributed by atoms with Gasteiger partial charge in [0.15, 0.2) is 0 Å². The third kappa shape index (κ3) is 1.59. The number of hydrogen-bond acceptors (Lipinski definition) is 3. The molecule has 5 heteroatoms. The maximum Gasteiger partial charge on any atom is 0.234 e. The van der Waals surface area contributed by atoms with E-state index in [2.05, 4.69) is 28.1 Å². The van der Waals surface area contributed by atoms with E-state index in [0.717, 1.165) is 34.1 Å². The first-order chi connectivity index (χ1) is 8.54. The van der Waals surface area contributed by atoms with Crippen LogP contribution in [0.2, 0.25) is 0 Å². The molecule has 0 aromatic carbocycles. The Balaban J connectivity index is 2.25. The molecule has 3 aromatic rings. The van der Waals surface area contributed by atoms with Gasteiger partial charge in [-0.1, -0.05) is 0 Å². The summed E-state index contributed by atoms with van der Waals surface area (Å²) in [6.45, 7) is 6.03. The standard InChI is InChI=1S/C13H15N5/c1-8-5-9(2)18-7-12(15-13(18)14-8)11-6-17(4)16-10(11)3/h5-7H,1-4H3. The molecule has 0 saturated heterocycles. The Labute approximate surface area is 105 Å². The predicted octanol–water partition coefficient (Wildman–Crippen LogP) is 2.06. The summed E-state index contributed by atoms with van der Waals surface area (Å²) in [6.07, 6.45) is 4.00. The van der Waals surface area contributed by atoms with Gasteiger partial charge >= 0.3 is 0 Å². The number of fused-ring (bicyclic) bond motifs is 1. The predicted molar refractivity (Wildman–Crippen MR) is 69.4 cm³/mol. The van der Waals surface area contributed by atoms with Gasteiger partial charge in [0.05, 0.1) is 11.4 Å². The second-order valence-corrected chi connectivity index (χ2v) is 4.64. The second-order valence-electron chi connectivity index (χ2n) is 4.64. The smallest absolute Gasteiger partial charge is 0.234 e. The third-order valence-corrected chi connectivity index (χ3v) is 3.05. The average molecular weight is 241 g/mol. The number of rotatable bonds is 1. The monoisotopic (exact) mass is 241 g/mol. The highest BCUT2D eigenvalue weighted by molar-refractivity contribution is 5.63. The summed E-state index contributed by atoms with van der Waals surface area (Å²) < 4.78 is 3.81. The summed E-state index contributed by atoms with van der Waals surface area (Å²) >= 11 is 0.